The number of nitrogens with two attached hydrogens (primary N) is 1. The Hall–Kier alpha value is -4.50. The van der Waals surface area contributed by atoms with E-state index in [0.717, 1.165) is 5.56 Å². The van der Waals surface area contributed by atoms with E-state index in [9.17, 15) is 14.0 Å². The van der Waals surface area contributed by atoms with E-state index in [4.69, 9.17) is 10.5 Å². The number of ether oxygens (including phenoxy) is 1. The van der Waals surface area contributed by atoms with Gasteiger partial charge in [-0.2, -0.15) is 0 Å². The predicted molar refractivity (Wildman–Crippen MR) is 122 cm³/mol. The van der Waals surface area contributed by atoms with Gasteiger partial charge < -0.3 is 26.1 Å². The first-order chi connectivity index (χ1) is 16.0. The highest BCUT2D eigenvalue weighted by atomic mass is 19.1. The lowest BCUT2D eigenvalue weighted by atomic mass is 10.2. The number of hydrogen-bond donors (Lipinski definition) is 4. The number of pyridine rings is 1. The molecule has 33 heavy (non-hydrogen) atoms. The molecule has 9 heteroatoms. The predicted octanol–water partition coefficient (Wildman–Crippen LogP) is 4.57. The summed E-state index contributed by atoms with van der Waals surface area (Å²) in [5.41, 5.74) is 8.54. The highest BCUT2D eigenvalue weighted by Crippen LogP contribution is 2.28. The molecule has 2 aromatic carbocycles. The lowest BCUT2D eigenvalue weighted by molar-refractivity contribution is 0.262. The van der Waals surface area contributed by atoms with Crippen molar-refractivity contribution in [3.05, 3.63) is 90.0 Å². The fourth-order valence-corrected chi connectivity index (χ4v) is 3.08. The first-order valence-electron chi connectivity index (χ1n) is 9.91. The zero-order valence-electron chi connectivity index (χ0n) is 17.3. The average molecular weight is 444 g/mol. The maximum atomic E-state index is 14.6. The second-order valence-corrected chi connectivity index (χ2v) is 7.01. The van der Waals surface area contributed by atoms with Gasteiger partial charge in [-0.1, -0.05) is 12.1 Å². The second-order valence-electron chi connectivity index (χ2n) is 7.01. The summed E-state index contributed by atoms with van der Waals surface area (Å²) in [5, 5.41) is 5.11. The van der Waals surface area contributed by atoms with Gasteiger partial charge in [0, 0.05) is 42.3 Å². The minimum absolute atomic E-state index is 0.00530. The molecule has 4 rings (SSSR count). The number of aromatic nitrogens is 2. The Morgan fingerprint density at radius 1 is 1.09 bits per heavy atom. The van der Waals surface area contributed by atoms with E-state index in [1.807, 2.05) is 6.07 Å². The number of benzene rings is 2. The third kappa shape index (κ3) is 5.41. The first kappa shape index (κ1) is 21.7. The van der Waals surface area contributed by atoms with Gasteiger partial charge in [-0.25, -0.2) is 9.18 Å². The summed E-state index contributed by atoms with van der Waals surface area (Å²) < 4.78 is 20.3. The van der Waals surface area contributed by atoms with Crippen molar-refractivity contribution in [2.24, 2.45) is 5.73 Å². The lowest BCUT2D eigenvalue weighted by Crippen LogP contribution is -2.20. The molecule has 0 saturated carbocycles. The number of carbonyl (C=O) groups is 1. The molecule has 0 atom stereocenters. The molecule has 165 valence electrons. The zero-order valence-corrected chi connectivity index (χ0v) is 17.3. The Kier molecular flexibility index (Phi) is 6.42. The molecule has 0 aliphatic carbocycles. The summed E-state index contributed by atoms with van der Waals surface area (Å²) in [6.07, 6.45) is 4.85. The van der Waals surface area contributed by atoms with Crippen LogP contribution in [0.15, 0.2) is 73.1 Å². The van der Waals surface area contributed by atoms with E-state index in [0.29, 0.717) is 34.9 Å². The van der Waals surface area contributed by atoms with Gasteiger partial charge in [0.25, 0.3) is 0 Å². The number of nitrogens with zero attached hydrogens (tertiary/aromatic N) is 1. The van der Waals surface area contributed by atoms with Crippen molar-refractivity contribution in [1.29, 1.82) is 0 Å². The molecule has 5 N–H and O–H groups in total. The fraction of sp³-hybridized carbons (Fsp3) is 0.0417. The minimum Gasteiger partial charge on any atom is -0.457 e. The van der Waals surface area contributed by atoms with Crippen molar-refractivity contribution < 1.29 is 18.7 Å². The number of halogens is 1. The van der Waals surface area contributed by atoms with Crippen LogP contribution >= 0.6 is 0 Å². The van der Waals surface area contributed by atoms with Crippen molar-refractivity contribution in [2.75, 3.05) is 10.6 Å². The van der Waals surface area contributed by atoms with Crippen LogP contribution in [0.2, 0.25) is 0 Å². The quantitative estimate of drug-likeness (QED) is 0.333. The van der Waals surface area contributed by atoms with Crippen LogP contribution in [0.5, 0.6) is 11.5 Å². The summed E-state index contributed by atoms with van der Waals surface area (Å²) in [6.45, 7) is 0.343. The summed E-state index contributed by atoms with van der Waals surface area (Å²) in [7, 11) is 0. The van der Waals surface area contributed by atoms with Gasteiger partial charge in [0.05, 0.1) is 17.1 Å². The average Bonchev–Trinajstić information content (AvgIpc) is 3.31. The summed E-state index contributed by atoms with van der Waals surface area (Å²) in [5.74, 6) is -0.00769. The Morgan fingerprint density at radius 3 is 2.70 bits per heavy atom. The van der Waals surface area contributed by atoms with Gasteiger partial charge in [-0.3, -0.25) is 9.78 Å². The maximum absolute atomic E-state index is 14.6. The number of amides is 2. The van der Waals surface area contributed by atoms with Crippen molar-refractivity contribution in [3.8, 4) is 22.9 Å². The lowest BCUT2D eigenvalue weighted by Gasteiger charge is -2.11. The van der Waals surface area contributed by atoms with E-state index in [1.54, 1.807) is 42.7 Å². The topological polar surface area (TPSA) is 122 Å². The largest absolute Gasteiger partial charge is 0.457 e. The molecular formula is C24H19FN5O3. The van der Waals surface area contributed by atoms with Gasteiger partial charge in [-0.05, 0) is 42.0 Å². The van der Waals surface area contributed by atoms with Crippen LogP contribution in [0.3, 0.4) is 0 Å². The summed E-state index contributed by atoms with van der Waals surface area (Å²) in [4.78, 5) is 30.1. The minimum atomic E-state index is -0.664. The monoisotopic (exact) mass is 444 g/mol. The maximum Gasteiger partial charge on any atom is 0.323 e. The van der Waals surface area contributed by atoms with Gasteiger partial charge >= 0.3 is 6.03 Å². The fourth-order valence-electron chi connectivity index (χ4n) is 3.08. The van der Waals surface area contributed by atoms with E-state index in [1.165, 1.54) is 30.6 Å². The van der Waals surface area contributed by atoms with E-state index in [-0.39, 0.29) is 11.4 Å². The number of anilines is 2. The molecule has 0 aliphatic rings. The highest BCUT2D eigenvalue weighted by Gasteiger charge is 2.11. The van der Waals surface area contributed by atoms with E-state index < -0.39 is 11.8 Å². The third-order valence-electron chi connectivity index (χ3n) is 4.65. The Bertz CT molecular complexity index is 1300. The van der Waals surface area contributed by atoms with Crippen LogP contribution in [0.25, 0.3) is 11.4 Å². The second kappa shape index (κ2) is 9.75. The molecular weight excluding hydrogens is 425 g/mol. The molecule has 2 heterocycles. The first-order valence-corrected chi connectivity index (χ1v) is 9.91. The Labute approximate surface area is 188 Å². The van der Waals surface area contributed by atoms with E-state index in [2.05, 4.69) is 20.6 Å². The molecule has 2 amide bonds. The molecule has 0 saturated heterocycles. The van der Waals surface area contributed by atoms with Gasteiger partial charge in [-0.15, -0.1) is 0 Å². The normalized spacial score (nSPS) is 10.5. The SMILES string of the molecule is NCc1cccc(NC(=O)Nc2ccc(Oc3ccnc(-c4cc([C]=O)c[nH]4)c3)cc2F)c1. The Morgan fingerprint density at radius 2 is 1.94 bits per heavy atom. The third-order valence-corrected chi connectivity index (χ3v) is 4.65. The van der Waals surface area contributed by atoms with Crippen LogP contribution in [0.1, 0.15) is 11.1 Å². The zero-order chi connectivity index (χ0) is 23.2. The molecule has 2 aromatic heterocycles. The standard InChI is InChI=1S/C24H19FN5O3/c25-20-10-18(33-19-6-7-27-23(11-19)22-9-16(14-31)13-28-22)4-5-21(20)30-24(32)29-17-3-1-2-15(8-17)12-26/h1-11,13,28H,12,26H2,(H2,29,30,32). The van der Waals surface area contributed by atoms with Gasteiger partial charge in [0.15, 0.2) is 0 Å². The van der Waals surface area contributed by atoms with E-state index >= 15 is 0 Å². The van der Waals surface area contributed by atoms with Crippen LogP contribution in [-0.2, 0) is 11.3 Å². The molecule has 4 aromatic rings. The molecule has 8 nitrogen and oxygen atoms in total. The molecule has 0 spiro atoms. The molecule has 0 aliphatic heterocycles. The van der Waals surface area contributed by atoms with Crippen LogP contribution in [-0.4, -0.2) is 22.3 Å². The number of hydrogen-bond acceptors (Lipinski definition) is 5. The number of aromatic amines is 1. The molecule has 0 unspecified atom stereocenters. The highest BCUT2D eigenvalue weighted by molar-refractivity contribution is 5.99. The number of carbonyl (C=O) groups excluding carboxylic acids is 2. The van der Waals surface area contributed by atoms with Crippen LogP contribution in [0.4, 0.5) is 20.6 Å². The molecule has 1 radical (unpaired) electrons. The smallest absolute Gasteiger partial charge is 0.323 e. The number of H-pyrrole nitrogens is 1. The van der Waals surface area contributed by atoms with Crippen LogP contribution in [0, 0.1) is 5.82 Å². The number of urea groups is 1. The van der Waals surface area contributed by atoms with Crippen molar-refractivity contribution >= 4 is 23.7 Å². The van der Waals surface area contributed by atoms with Gasteiger partial charge in [0.1, 0.15) is 17.3 Å². The molecule has 0 bridgehead atoms. The van der Waals surface area contributed by atoms with Crippen molar-refractivity contribution in [1.82, 2.24) is 9.97 Å². The number of rotatable bonds is 7. The molecule has 0 fully saturated rings. The number of nitrogens with one attached hydrogen (secondary N) is 3. The summed E-state index contributed by atoms with van der Waals surface area (Å²) >= 11 is 0. The van der Waals surface area contributed by atoms with Gasteiger partial charge in [0.2, 0.25) is 6.29 Å². The Balaban J connectivity index is 1.42. The van der Waals surface area contributed by atoms with Crippen molar-refractivity contribution in [2.45, 2.75) is 6.54 Å². The van der Waals surface area contributed by atoms with Crippen molar-refractivity contribution in [3.63, 3.8) is 0 Å². The summed E-state index contributed by atoms with van der Waals surface area (Å²) in [6, 6.07) is 15.4. The van der Waals surface area contributed by atoms with Crippen LogP contribution < -0.4 is 21.1 Å².